The van der Waals surface area contributed by atoms with Crippen LogP contribution in [0.25, 0.3) is 82.1 Å². The topological polar surface area (TPSA) is 21.3 Å². The van der Waals surface area contributed by atoms with Gasteiger partial charge in [0, 0.05) is 44.0 Å². The van der Waals surface area contributed by atoms with Crippen LogP contribution in [-0.4, -0.2) is 4.57 Å². The minimum atomic E-state index is 0.908. The van der Waals surface area contributed by atoms with Crippen LogP contribution in [0.5, 0.6) is 0 Å². The maximum absolute atomic E-state index is 6.28. The van der Waals surface area contributed by atoms with Crippen molar-refractivity contribution in [2.24, 2.45) is 0 Å². The van der Waals surface area contributed by atoms with Gasteiger partial charge < -0.3 is 13.9 Å². The van der Waals surface area contributed by atoms with E-state index in [-0.39, 0.29) is 0 Å². The summed E-state index contributed by atoms with van der Waals surface area (Å²) in [6, 6.07) is 70.0. The highest BCUT2D eigenvalue weighted by molar-refractivity contribution is 6.13. The summed E-state index contributed by atoms with van der Waals surface area (Å²) in [5.74, 6) is 0. The second-order valence-corrected chi connectivity index (χ2v) is 13.8. The second kappa shape index (κ2) is 11.7. The van der Waals surface area contributed by atoms with Gasteiger partial charge in [-0.15, -0.1) is 0 Å². The molecule has 9 aromatic carbocycles. The monoisotopic (exact) mass is 676 g/mol. The number of fused-ring (bicyclic) bond motifs is 8. The first-order valence-electron chi connectivity index (χ1n) is 18.1. The molecule has 0 aliphatic rings. The van der Waals surface area contributed by atoms with Gasteiger partial charge in [-0.3, -0.25) is 0 Å². The lowest BCUT2D eigenvalue weighted by Gasteiger charge is -2.28. The van der Waals surface area contributed by atoms with E-state index in [1.807, 2.05) is 12.1 Å². The van der Waals surface area contributed by atoms with Gasteiger partial charge in [-0.1, -0.05) is 115 Å². The SMILES string of the molecule is c1ccc(-c2cc(N(c3ccc4cc5oc6ccccc6c5cc4c3)c3ccc4c(c3)c3ccccc3n4-c3ccccc3)c3ccccc3c2)cc1. The van der Waals surface area contributed by atoms with Gasteiger partial charge in [-0.25, -0.2) is 0 Å². The predicted octanol–water partition coefficient (Wildman–Crippen LogP) is 14.1. The molecule has 11 aromatic rings. The minimum absolute atomic E-state index is 0.908. The molecule has 0 unspecified atom stereocenters. The fraction of sp³-hybridized carbons (Fsp3) is 0. The van der Waals surface area contributed by atoms with Gasteiger partial charge in [0.1, 0.15) is 11.2 Å². The van der Waals surface area contributed by atoms with Crippen LogP contribution in [-0.2, 0) is 0 Å². The average Bonchev–Trinajstić information content (AvgIpc) is 3.75. The molecule has 0 spiro atoms. The lowest BCUT2D eigenvalue weighted by Crippen LogP contribution is -2.11. The van der Waals surface area contributed by atoms with E-state index in [4.69, 9.17) is 4.42 Å². The summed E-state index contributed by atoms with van der Waals surface area (Å²) in [6.45, 7) is 0. The number of nitrogens with zero attached hydrogens (tertiary/aromatic N) is 2. The highest BCUT2D eigenvalue weighted by Gasteiger charge is 2.21. The van der Waals surface area contributed by atoms with Crippen molar-refractivity contribution in [2.45, 2.75) is 0 Å². The van der Waals surface area contributed by atoms with E-state index in [0.717, 1.165) is 55.5 Å². The summed E-state index contributed by atoms with van der Waals surface area (Å²) in [7, 11) is 0. The van der Waals surface area contributed by atoms with Crippen molar-refractivity contribution in [1.82, 2.24) is 4.57 Å². The van der Waals surface area contributed by atoms with Crippen molar-refractivity contribution in [1.29, 1.82) is 0 Å². The third-order valence-electron chi connectivity index (χ3n) is 10.7. The third-order valence-corrected chi connectivity index (χ3v) is 10.7. The standard InChI is InChI=1S/C50H32N2O/c1-3-13-33(14-4-1)36-27-35-15-7-8-18-41(35)48(30-36)51(39-24-23-34-31-50-45(29-37(34)28-39)43-20-10-12-22-49(43)53-50)40-25-26-47-44(32-40)42-19-9-11-21-46(42)52(47)38-16-5-2-6-17-38/h1-32H. The predicted molar refractivity (Wildman–Crippen MR) is 223 cm³/mol. The molecule has 0 N–H and O–H groups in total. The quantitative estimate of drug-likeness (QED) is 0.181. The van der Waals surface area contributed by atoms with Gasteiger partial charge in [-0.2, -0.15) is 0 Å². The summed E-state index contributed by atoms with van der Waals surface area (Å²) in [6.07, 6.45) is 0. The van der Waals surface area contributed by atoms with E-state index in [9.17, 15) is 0 Å². The number of benzene rings is 9. The molecule has 2 heterocycles. The number of hydrogen-bond acceptors (Lipinski definition) is 2. The van der Waals surface area contributed by atoms with Crippen LogP contribution >= 0.6 is 0 Å². The first-order valence-corrected chi connectivity index (χ1v) is 18.1. The molecule has 3 heteroatoms. The zero-order valence-electron chi connectivity index (χ0n) is 28.8. The van der Waals surface area contributed by atoms with Crippen molar-refractivity contribution in [2.75, 3.05) is 4.90 Å². The maximum Gasteiger partial charge on any atom is 0.136 e. The van der Waals surface area contributed by atoms with Crippen LogP contribution in [0.2, 0.25) is 0 Å². The van der Waals surface area contributed by atoms with Gasteiger partial charge in [0.25, 0.3) is 0 Å². The highest BCUT2D eigenvalue weighted by atomic mass is 16.3. The van der Waals surface area contributed by atoms with Gasteiger partial charge in [0.15, 0.2) is 0 Å². The summed E-state index contributed by atoms with van der Waals surface area (Å²) in [5, 5.41) is 9.39. The summed E-state index contributed by atoms with van der Waals surface area (Å²) in [4.78, 5) is 2.44. The van der Waals surface area contributed by atoms with Gasteiger partial charge in [-0.05, 0) is 106 Å². The molecule has 0 radical (unpaired) electrons. The van der Waals surface area contributed by atoms with Crippen molar-refractivity contribution in [3.05, 3.63) is 194 Å². The minimum Gasteiger partial charge on any atom is -0.456 e. The van der Waals surface area contributed by atoms with E-state index in [0.29, 0.717) is 0 Å². The van der Waals surface area contributed by atoms with Crippen molar-refractivity contribution in [3.8, 4) is 16.8 Å². The Kier molecular flexibility index (Phi) is 6.55. The smallest absolute Gasteiger partial charge is 0.136 e. The fourth-order valence-electron chi connectivity index (χ4n) is 8.25. The molecule has 0 bridgehead atoms. The Morgan fingerprint density at radius 3 is 1.91 bits per heavy atom. The zero-order chi connectivity index (χ0) is 34.9. The number of anilines is 3. The van der Waals surface area contributed by atoms with E-state index in [1.165, 1.54) is 43.7 Å². The Hall–Kier alpha value is -7.10. The number of aromatic nitrogens is 1. The molecule has 0 amide bonds. The molecule has 0 aliphatic heterocycles. The average molecular weight is 677 g/mol. The number of rotatable bonds is 5. The molecule has 0 aliphatic carbocycles. The fourth-order valence-corrected chi connectivity index (χ4v) is 8.25. The summed E-state index contributed by atoms with van der Waals surface area (Å²) < 4.78 is 8.65. The zero-order valence-corrected chi connectivity index (χ0v) is 28.8. The summed E-state index contributed by atoms with van der Waals surface area (Å²) >= 11 is 0. The van der Waals surface area contributed by atoms with Gasteiger partial charge in [0.05, 0.1) is 16.7 Å². The van der Waals surface area contributed by atoms with Crippen LogP contribution in [0.3, 0.4) is 0 Å². The number of furan rings is 1. The molecule has 11 rings (SSSR count). The van der Waals surface area contributed by atoms with Gasteiger partial charge >= 0.3 is 0 Å². The van der Waals surface area contributed by atoms with E-state index in [2.05, 4.69) is 191 Å². The Morgan fingerprint density at radius 2 is 1.04 bits per heavy atom. The Bertz CT molecular complexity index is 3170. The van der Waals surface area contributed by atoms with Crippen molar-refractivity contribution < 1.29 is 4.42 Å². The first-order chi connectivity index (χ1) is 26.3. The van der Waals surface area contributed by atoms with Crippen molar-refractivity contribution >= 4 is 82.4 Å². The molecule has 0 saturated heterocycles. The van der Waals surface area contributed by atoms with Gasteiger partial charge in [0.2, 0.25) is 0 Å². The van der Waals surface area contributed by atoms with Crippen LogP contribution in [0.4, 0.5) is 17.1 Å². The molecule has 248 valence electrons. The molecule has 3 nitrogen and oxygen atoms in total. The molecule has 0 saturated carbocycles. The van der Waals surface area contributed by atoms with Crippen molar-refractivity contribution in [3.63, 3.8) is 0 Å². The Labute approximate surface area is 306 Å². The van der Waals surface area contributed by atoms with E-state index in [1.54, 1.807) is 0 Å². The normalized spacial score (nSPS) is 11.8. The Morgan fingerprint density at radius 1 is 0.358 bits per heavy atom. The summed E-state index contributed by atoms with van der Waals surface area (Å²) in [5.41, 5.74) is 11.0. The molecule has 0 fully saturated rings. The second-order valence-electron chi connectivity index (χ2n) is 13.8. The third kappa shape index (κ3) is 4.75. The van der Waals surface area contributed by atoms with Crippen LogP contribution in [0.1, 0.15) is 0 Å². The Balaban J connectivity index is 1.20. The lowest BCUT2D eigenvalue weighted by molar-refractivity contribution is 0.669. The molecule has 2 aromatic heterocycles. The van der Waals surface area contributed by atoms with E-state index >= 15 is 0 Å². The highest BCUT2D eigenvalue weighted by Crippen LogP contribution is 2.45. The maximum atomic E-state index is 6.28. The largest absolute Gasteiger partial charge is 0.456 e. The van der Waals surface area contributed by atoms with E-state index < -0.39 is 0 Å². The molecule has 53 heavy (non-hydrogen) atoms. The molecular weight excluding hydrogens is 645 g/mol. The molecule has 0 atom stereocenters. The van der Waals surface area contributed by atoms with Crippen LogP contribution < -0.4 is 4.90 Å². The van der Waals surface area contributed by atoms with Crippen LogP contribution in [0.15, 0.2) is 199 Å². The number of para-hydroxylation sites is 3. The first kappa shape index (κ1) is 29.6. The van der Waals surface area contributed by atoms with Crippen LogP contribution in [0, 0.1) is 0 Å². The number of hydrogen-bond donors (Lipinski definition) is 0. The lowest BCUT2D eigenvalue weighted by atomic mass is 9.98. The molecular formula is C50H32N2O.